The number of halogens is 1. The minimum Gasteiger partial charge on any atom is -0.488 e. The van der Waals surface area contributed by atoms with Crippen molar-refractivity contribution in [3.05, 3.63) is 65.0 Å². The van der Waals surface area contributed by atoms with Crippen LogP contribution in [0.25, 0.3) is 0 Å². The summed E-state index contributed by atoms with van der Waals surface area (Å²) in [6.07, 6.45) is 1.03. The highest BCUT2D eigenvalue weighted by molar-refractivity contribution is 5.79. The molecule has 150 valence electrons. The zero-order valence-electron chi connectivity index (χ0n) is 16.5. The van der Waals surface area contributed by atoms with Crippen LogP contribution in [0.15, 0.2) is 47.5 Å². The monoisotopic (exact) mass is 385 g/mol. The first-order valence-corrected chi connectivity index (χ1v) is 9.74. The molecule has 1 saturated heterocycles. The Bertz CT molecular complexity index is 787. The van der Waals surface area contributed by atoms with E-state index in [-0.39, 0.29) is 11.9 Å². The number of nitrogens with one attached hydrogen (secondary N) is 2. The summed E-state index contributed by atoms with van der Waals surface area (Å²) in [5, 5.41) is 6.60. The van der Waals surface area contributed by atoms with Gasteiger partial charge in [0.25, 0.3) is 0 Å². The minimum absolute atomic E-state index is 0.112. The van der Waals surface area contributed by atoms with Crippen LogP contribution in [0.4, 0.5) is 4.39 Å². The summed E-state index contributed by atoms with van der Waals surface area (Å²) in [6.45, 7) is 7.31. The minimum atomic E-state index is -0.239. The van der Waals surface area contributed by atoms with Crippen molar-refractivity contribution in [2.24, 2.45) is 4.99 Å². The number of aliphatic imine (C=N–C) groups is 1. The molecule has 0 amide bonds. The van der Waals surface area contributed by atoms with E-state index >= 15 is 0 Å². The highest BCUT2D eigenvalue weighted by Gasteiger charge is 2.18. The van der Waals surface area contributed by atoms with Gasteiger partial charge in [0.05, 0.1) is 19.8 Å². The molecular formula is C22H28FN3O2. The van der Waals surface area contributed by atoms with E-state index in [2.05, 4.69) is 40.7 Å². The Morgan fingerprint density at radius 1 is 1.21 bits per heavy atom. The molecule has 0 spiro atoms. The molecule has 1 atom stereocenters. The van der Waals surface area contributed by atoms with Crippen LogP contribution in [0.2, 0.25) is 0 Å². The maximum atomic E-state index is 13.0. The zero-order chi connectivity index (χ0) is 19.8. The van der Waals surface area contributed by atoms with Gasteiger partial charge in [0, 0.05) is 25.1 Å². The van der Waals surface area contributed by atoms with E-state index in [9.17, 15) is 4.39 Å². The summed E-state index contributed by atoms with van der Waals surface area (Å²) in [7, 11) is 0. The molecule has 2 aromatic rings. The predicted octanol–water partition coefficient (Wildman–Crippen LogP) is 3.56. The number of aryl methyl sites for hydroxylation is 1. The fraction of sp³-hybridized carbons (Fsp3) is 0.409. The third-order valence-electron chi connectivity index (χ3n) is 4.53. The Balaban J connectivity index is 1.65. The van der Waals surface area contributed by atoms with Gasteiger partial charge in [0.15, 0.2) is 5.96 Å². The van der Waals surface area contributed by atoms with E-state index in [0.717, 1.165) is 42.0 Å². The van der Waals surface area contributed by atoms with Crippen molar-refractivity contribution in [2.45, 2.75) is 39.5 Å². The highest BCUT2D eigenvalue weighted by Crippen LogP contribution is 2.23. The van der Waals surface area contributed by atoms with Gasteiger partial charge >= 0.3 is 0 Å². The quantitative estimate of drug-likeness (QED) is 0.565. The molecular weight excluding hydrogens is 357 g/mol. The number of guanidine groups is 1. The second-order valence-corrected chi connectivity index (χ2v) is 6.89. The Hall–Kier alpha value is -2.60. The average Bonchev–Trinajstić information content (AvgIpc) is 3.19. The van der Waals surface area contributed by atoms with Gasteiger partial charge in [-0.25, -0.2) is 9.38 Å². The maximum absolute atomic E-state index is 13.0. The molecule has 0 aromatic heterocycles. The van der Waals surface area contributed by atoms with Crippen LogP contribution in [-0.2, 0) is 17.8 Å². The summed E-state index contributed by atoms with van der Waals surface area (Å²) in [4.78, 5) is 4.59. The smallest absolute Gasteiger partial charge is 0.191 e. The Labute approximate surface area is 166 Å². The highest BCUT2D eigenvalue weighted by atomic mass is 19.1. The Kier molecular flexibility index (Phi) is 7.25. The van der Waals surface area contributed by atoms with E-state index in [1.807, 2.05) is 6.92 Å². The fourth-order valence-corrected chi connectivity index (χ4v) is 2.98. The predicted molar refractivity (Wildman–Crippen MR) is 109 cm³/mol. The third kappa shape index (κ3) is 5.96. The number of hydrogen-bond acceptors (Lipinski definition) is 3. The van der Waals surface area contributed by atoms with Crippen LogP contribution in [0.1, 0.15) is 30.0 Å². The van der Waals surface area contributed by atoms with Crippen molar-refractivity contribution in [1.29, 1.82) is 0 Å². The van der Waals surface area contributed by atoms with Crippen LogP contribution in [0.3, 0.4) is 0 Å². The van der Waals surface area contributed by atoms with Gasteiger partial charge < -0.3 is 20.1 Å². The number of ether oxygens (including phenoxy) is 2. The number of rotatable bonds is 7. The lowest BCUT2D eigenvalue weighted by atomic mass is 10.1. The molecule has 2 N–H and O–H groups in total. The summed E-state index contributed by atoms with van der Waals surface area (Å²) in [6, 6.07) is 12.6. The lowest BCUT2D eigenvalue weighted by Crippen LogP contribution is -2.37. The van der Waals surface area contributed by atoms with E-state index in [0.29, 0.717) is 25.7 Å². The van der Waals surface area contributed by atoms with Crippen molar-refractivity contribution in [2.75, 3.05) is 19.8 Å². The van der Waals surface area contributed by atoms with E-state index in [1.165, 1.54) is 12.1 Å². The lowest BCUT2D eigenvalue weighted by Gasteiger charge is -2.18. The van der Waals surface area contributed by atoms with Crippen molar-refractivity contribution in [1.82, 2.24) is 10.6 Å². The maximum Gasteiger partial charge on any atom is 0.191 e. The molecule has 1 aliphatic heterocycles. The summed E-state index contributed by atoms with van der Waals surface area (Å²) < 4.78 is 24.6. The van der Waals surface area contributed by atoms with Gasteiger partial charge in [-0.15, -0.1) is 0 Å². The summed E-state index contributed by atoms with van der Waals surface area (Å²) in [5.41, 5.74) is 3.19. The largest absolute Gasteiger partial charge is 0.488 e. The van der Waals surface area contributed by atoms with Crippen molar-refractivity contribution < 1.29 is 13.9 Å². The molecule has 1 aliphatic rings. The molecule has 28 heavy (non-hydrogen) atoms. The van der Waals surface area contributed by atoms with Crippen LogP contribution in [-0.4, -0.2) is 31.8 Å². The normalized spacial score (nSPS) is 16.8. The molecule has 0 saturated carbocycles. The molecule has 2 aromatic carbocycles. The second kappa shape index (κ2) is 10.1. The van der Waals surface area contributed by atoms with Crippen LogP contribution in [0.5, 0.6) is 5.75 Å². The van der Waals surface area contributed by atoms with Crippen LogP contribution < -0.4 is 15.4 Å². The Morgan fingerprint density at radius 3 is 2.75 bits per heavy atom. The van der Waals surface area contributed by atoms with Crippen molar-refractivity contribution in [3.63, 3.8) is 0 Å². The van der Waals surface area contributed by atoms with Gasteiger partial charge in [-0.3, -0.25) is 0 Å². The van der Waals surface area contributed by atoms with Gasteiger partial charge in [0.1, 0.15) is 17.7 Å². The molecule has 3 rings (SSSR count). The molecule has 1 heterocycles. The van der Waals surface area contributed by atoms with Crippen molar-refractivity contribution >= 4 is 5.96 Å². The summed E-state index contributed by atoms with van der Waals surface area (Å²) in [5.74, 6) is 1.36. The van der Waals surface area contributed by atoms with E-state index < -0.39 is 0 Å². The SMILES string of the molecule is CCNC(=NCc1ccc(F)cc1)NCc1ccc(C)cc1OC1CCOC1. The molecule has 6 heteroatoms. The molecule has 1 unspecified atom stereocenters. The third-order valence-corrected chi connectivity index (χ3v) is 4.53. The van der Waals surface area contributed by atoms with E-state index in [4.69, 9.17) is 9.47 Å². The lowest BCUT2D eigenvalue weighted by molar-refractivity contribution is 0.140. The number of hydrogen-bond donors (Lipinski definition) is 2. The first-order chi connectivity index (χ1) is 13.6. The molecule has 0 aliphatic carbocycles. The molecule has 1 fully saturated rings. The van der Waals surface area contributed by atoms with Gasteiger partial charge in [0.2, 0.25) is 0 Å². The fourth-order valence-electron chi connectivity index (χ4n) is 2.98. The van der Waals surface area contributed by atoms with Crippen molar-refractivity contribution in [3.8, 4) is 5.75 Å². The van der Waals surface area contributed by atoms with E-state index in [1.54, 1.807) is 12.1 Å². The molecule has 5 nitrogen and oxygen atoms in total. The molecule has 0 bridgehead atoms. The zero-order valence-corrected chi connectivity index (χ0v) is 16.5. The number of benzene rings is 2. The average molecular weight is 385 g/mol. The first kappa shape index (κ1) is 20.1. The van der Waals surface area contributed by atoms with Crippen LogP contribution >= 0.6 is 0 Å². The standard InChI is InChI=1S/C22H28FN3O2/c1-3-24-22(25-13-17-5-8-19(23)9-6-17)26-14-18-7-4-16(2)12-21(18)28-20-10-11-27-15-20/h4-9,12,20H,3,10-11,13-15H2,1-2H3,(H2,24,25,26). The molecule has 0 radical (unpaired) electrons. The summed E-state index contributed by atoms with van der Waals surface area (Å²) >= 11 is 0. The first-order valence-electron chi connectivity index (χ1n) is 9.74. The van der Waals surface area contributed by atoms with Crippen LogP contribution in [0, 0.1) is 12.7 Å². The Morgan fingerprint density at radius 2 is 2.04 bits per heavy atom. The second-order valence-electron chi connectivity index (χ2n) is 6.89. The van der Waals surface area contributed by atoms with Gasteiger partial charge in [-0.05, 0) is 43.2 Å². The van der Waals surface area contributed by atoms with Gasteiger partial charge in [-0.2, -0.15) is 0 Å². The van der Waals surface area contributed by atoms with Gasteiger partial charge in [-0.1, -0.05) is 24.3 Å². The number of nitrogens with zero attached hydrogens (tertiary/aromatic N) is 1. The topological polar surface area (TPSA) is 54.9 Å².